The van der Waals surface area contributed by atoms with Crippen molar-refractivity contribution in [2.45, 2.75) is 44.7 Å². The molecule has 1 heterocycles. The molecule has 2 fully saturated rings. The van der Waals surface area contributed by atoms with Gasteiger partial charge in [0.15, 0.2) is 0 Å². The molecular weight excluding hydrogens is 288 g/mol. The number of carbonyl (C=O) groups is 1. The first-order valence-corrected chi connectivity index (χ1v) is 8.79. The molecule has 0 N–H and O–H groups in total. The fourth-order valence-electron chi connectivity index (χ4n) is 3.58. The van der Waals surface area contributed by atoms with Gasteiger partial charge in [-0.15, -0.1) is 0 Å². The van der Waals surface area contributed by atoms with Gasteiger partial charge in [-0.3, -0.25) is 9.69 Å². The second-order valence-electron chi connectivity index (χ2n) is 6.93. The minimum atomic E-state index is 0.317. The molecule has 1 amide bonds. The number of ether oxygens (including phenoxy) is 1. The van der Waals surface area contributed by atoms with Crippen molar-refractivity contribution >= 4 is 5.91 Å². The van der Waals surface area contributed by atoms with Gasteiger partial charge in [-0.05, 0) is 43.4 Å². The van der Waals surface area contributed by atoms with E-state index >= 15 is 0 Å². The van der Waals surface area contributed by atoms with Crippen LogP contribution in [0.15, 0.2) is 24.3 Å². The van der Waals surface area contributed by atoms with E-state index in [-0.39, 0.29) is 0 Å². The summed E-state index contributed by atoms with van der Waals surface area (Å²) >= 11 is 0. The summed E-state index contributed by atoms with van der Waals surface area (Å²) in [4.78, 5) is 16.9. The number of amides is 1. The number of rotatable bonds is 5. The van der Waals surface area contributed by atoms with Crippen LogP contribution >= 0.6 is 0 Å². The molecule has 1 saturated carbocycles. The zero-order chi connectivity index (χ0) is 16.2. The van der Waals surface area contributed by atoms with Gasteiger partial charge >= 0.3 is 0 Å². The van der Waals surface area contributed by atoms with Crippen molar-refractivity contribution in [3.8, 4) is 5.75 Å². The van der Waals surface area contributed by atoms with E-state index in [0.29, 0.717) is 17.9 Å². The Morgan fingerprint density at radius 3 is 2.35 bits per heavy atom. The number of carbonyl (C=O) groups excluding carboxylic acids is 1. The maximum absolute atomic E-state index is 12.4. The zero-order valence-corrected chi connectivity index (χ0v) is 14.3. The number of nitrogens with zero attached hydrogens (tertiary/aromatic N) is 2. The molecule has 0 aromatic heterocycles. The molecule has 0 spiro atoms. The molecule has 1 saturated heterocycles. The number of hydrogen-bond donors (Lipinski definition) is 0. The van der Waals surface area contributed by atoms with Crippen molar-refractivity contribution in [1.29, 1.82) is 0 Å². The van der Waals surface area contributed by atoms with Crippen LogP contribution in [0.3, 0.4) is 0 Å². The molecule has 0 unspecified atom stereocenters. The number of piperidine rings is 1. The molecule has 4 heteroatoms. The van der Waals surface area contributed by atoms with Crippen LogP contribution in [0, 0.1) is 5.92 Å². The van der Waals surface area contributed by atoms with Gasteiger partial charge in [0.1, 0.15) is 5.75 Å². The van der Waals surface area contributed by atoms with E-state index in [2.05, 4.69) is 17.0 Å². The Balaban J connectivity index is 1.46. The third-order valence-corrected chi connectivity index (χ3v) is 5.47. The van der Waals surface area contributed by atoms with E-state index in [9.17, 15) is 4.79 Å². The van der Waals surface area contributed by atoms with Gasteiger partial charge in [-0.25, -0.2) is 0 Å². The zero-order valence-electron chi connectivity index (χ0n) is 14.3. The minimum absolute atomic E-state index is 0.317. The summed E-state index contributed by atoms with van der Waals surface area (Å²) < 4.78 is 5.20. The standard InChI is InChI=1S/C19H28N2O2/c1-20(19(22)16-4-3-5-16)17-10-12-21(13-11-17)14-15-6-8-18(23-2)9-7-15/h6-9,16-17H,3-5,10-14H2,1-2H3. The van der Waals surface area contributed by atoms with E-state index in [0.717, 1.165) is 51.1 Å². The topological polar surface area (TPSA) is 32.8 Å². The molecule has 1 aromatic carbocycles. The number of methoxy groups -OCH3 is 1. The highest BCUT2D eigenvalue weighted by Crippen LogP contribution is 2.29. The maximum atomic E-state index is 12.4. The number of benzene rings is 1. The summed E-state index contributed by atoms with van der Waals surface area (Å²) in [6.45, 7) is 3.12. The van der Waals surface area contributed by atoms with Crippen LogP contribution in [-0.2, 0) is 11.3 Å². The van der Waals surface area contributed by atoms with Crippen LogP contribution in [0.1, 0.15) is 37.7 Å². The molecule has 0 atom stereocenters. The molecule has 1 aliphatic heterocycles. The Kier molecular flexibility index (Phi) is 5.21. The fraction of sp³-hybridized carbons (Fsp3) is 0.632. The van der Waals surface area contributed by atoms with Crippen molar-refractivity contribution in [3.63, 3.8) is 0 Å². The van der Waals surface area contributed by atoms with Crippen LogP contribution in [0.4, 0.5) is 0 Å². The lowest BCUT2D eigenvalue weighted by Gasteiger charge is -2.39. The first-order chi connectivity index (χ1) is 11.2. The SMILES string of the molecule is COc1ccc(CN2CCC(N(C)C(=O)C3CCC3)CC2)cc1. The predicted molar refractivity (Wildman–Crippen MR) is 91.4 cm³/mol. The van der Waals surface area contributed by atoms with Crippen molar-refractivity contribution in [2.24, 2.45) is 5.92 Å². The van der Waals surface area contributed by atoms with Crippen LogP contribution in [-0.4, -0.2) is 49.0 Å². The first-order valence-electron chi connectivity index (χ1n) is 8.79. The van der Waals surface area contributed by atoms with Crippen LogP contribution in [0.5, 0.6) is 5.75 Å². The molecule has 3 rings (SSSR count). The van der Waals surface area contributed by atoms with Crippen molar-refractivity contribution in [1.82, 2.24) is 9.80 Å². The lowest BCUT2D eigenvalue weighted by molar-refractivity contribution is -0.139. The minimum Gasteiger partial charge on any atom is -0.497 e. The second-order valence-corrected chi connectivity index (χ2v) is 6.93. The van der Waals surface area contributed by atoms with E-state index in [4.69, 9.17) is 4.74 Å². The quantitative estimate of drug-likeness (QED) is 0.837. The van der Waals surface area contributed by atoms with Crippen molar-refractivity contribution in [3.05, 3.63) is 29.8 Å². The third kappa shape index (κ3) is 3.86. The summed E-state index contributed by atoms with van der Waals surface area (Å²) in [6.07, 6.45) is 5.60. The monoisotopic (exact) mass is 316 g/mol. The highest BCUT2D eigenvalue weighted by Gasteiger charge is 2.32. The summed E-state index contributed by atoms with van der Waals surface area (Å²) in [5, 5.41) is 0. The molecule has 2 aliphatic rings. The van der Waals surface area contributed by atoms with Crippen LogP contribution in [0.2, 0.25) is 0 Å². The number of hydrogen-bond acceptors (Lipinski definition) is 3. The van der Waals surface area contributed by atoms with Crippen LogP contribution in [0.25, 0.3) is 0 Å². The average molecular weight is 316 g/mol. The first kappa shape index (κ1) is 16.3. The highest BCUT2D eigenvalue weighted by molar-refractivity contribution is 5.79. The fourth-order valence-corrected chi connectivity index (χ4v) is 3.58. The molecule has 126 valence electrons. The van der Waals surface area contributed by atoms with E-state index in [1.54, 1.807) is 7.11 Å². The Hall–Kier alpha value is -1.55. The normalized spacial score (nSPS) is 20.1. The molecular formula is C19H28N2O2. The predicted octanol–water partition coefficient (Wildman–Crippen LogP) is 2.92. The summed E-state index contributed by atoms with van der Waals surface area (Å²) in [6, 6.07) is 8.74. The van der Waals surface area contributed by atoms with E-state index in [1.807, 2.05) is 24.1 Å². The van der Waals surface area contributed by atoms with Gasteiger partial charge in [0.05, 0.1) is 7.11 Å². The van der Waals surface area contributed by atoms with Gasteiger partial charge in [-0.1, -0.05) is 18.6 Å². The smallest absolute Gasteiger partial charge is 0.225 e. The van der Waals surface area contributed by atoms with Gasteiger partial charge < -0.3 is 9.64 Å². The molecule has 0 bridgehead atoms. The van der Waals surface area contributed by atoms with E-state index < -0.39 is 0 Å². The van der Waals surface area contributed by atoms with Gasteiger partial charge in [0.2, 0.25) is 5.91 Å². The van der Waals surface area contributed by atoms with Gasteiger partial charge in [0.25, 0.3) is 0 Å². The van der Waals surface area contributed by atoms with Crippen LogP contribution < -0.4 is 4.74 Å². The summed E-state index contributed by atoms with van der Waals surface area (Å²) in [5.41, 5.74) is 1.32. The highest BCUT2D eigenvalue weighted by atomic mass is 16.5. The lowest BCUT2D eigenvalue weighted by atomic mass is 9.84. The molecule has 4 nitrogen and oxygen atoms in total. The van der Waals surface area contributed by atoms with Gasteiger partial charge in [-0.2, -0.15) is 0 Å². The molecule has 0 radical (unpaired) electrons. The van der Waals surface area contributed by atoms with Crippen molar-refractivity contribution < 1.29 is 9.53 Å². The largest absolute Gasteiger partial charge is 0.497 e. The summed E-state index contributed by atoms with van der Waals surface area (Å²) in [7, 11) is 3.70. The van der Waals surface area contributed by atoms with E-state index in [1.165, 1.54) is 12.0 Å². The second kappa shape index (κ2) is 7.35. The maximum Gasteiger partial charge on any atom is 0.225 e. The molecule has 1 aliphatic carbocycles. The Labute approximate surface area is 139 Å². The third-order valence-electron chi connectivity index (χ3n) is 5.47. The Morgan fingerprint density at radius 2 is 1.83 bits per heavy atom. The average Bonchev–Trinajstić information content (AvgIpc) is 2.54. The molecule has 1 aromatic rings. The molecule has 23 heavy (non-hydrogen) atoms. The Bertz CT molecular complexity index is 517. The Morgan fingerprint density at radius 1 is 1.17 bits per heavy atom. The summed E-state index contributed by atoms with van der Waals surface area (Å²) in [5.74, 6) is 1.60. The lowest BCUT2D eigenvalue weighted by Crippen LogP contribution is -2.48. The number of likely N-dealkylation sites (tertiary alicyclic amines) is 1. The van der Waals surface area contributed by atoms with Crippen molar-refractivity contribution in [2.75, 3.05) is 27.2 Å². The van der Waals surface area contributed by atoms with Gasteiger partial charge in [0, 0.05) is 38.6 Å².